The third kappa shape index (κ3) is 6.48. The van der Waals surface area contributed by atoms with E-state index in [4.69, 9.17) is 28.3 Å². The number of hydrogen-bond donors (Lipinski definition) is 3. The van der Waals surface area contributed by atoms with Gasteiger partial charge in [-0.1, -0.05) is 60.5 Å². The molecule has 96 valence electrons. The van der Waals surface area contributed by atoms with E-state index in [1.165, 1.54) is 0 Å². The smallest absolute Gasteiger partial charge is 0.337 e. The Morgan fingerprint density at radius 3 is 2.00 bits per heavy atom. The summed E-state index contributed by atoms with van der Waals surface area (Å²) in [4.78, 5) is 8.15. The highest BCUT2D eigenvalue weighted by atomic mass is 35.5. The first-order valence-corrected chi connectivity index (χ1v) is 5.69. The van der Waals surface area contributed by atoms with Crippen LogP contribution in [-0.2, 0) is 10.6 Å². The molecule has 0 aromatic heterocycles. The van der Waals surface area contributed by atoms with Gasteiger partial charge in [0, 0.05) is 12.0 Å². The zero-order chi connectivity index (χ0) is 13.5. The maximum atomic E-state index is 9.44. The van der Waals surface area contributed by atoms with Crippen LogP contribution in [0.4, 0.5) is 0 Å². The molecule has 0 aliphatic rings. The van der Waals surface area contributed by atoms with Crippen LogP contribution < -0.4 is 0 Å². The highest BCUT2D eigenvalue weighted by Crippen LogP contribution is 2.20. The van der Waals surface area contributed by atoms with Gasteiger partial charge in [0.15, 0.2) is 5.79 Å². The van der Waals surface area contributed by atoms with Crippen molar-refractivity contribution >= 4 is 29.2 Å². The van der Waals surface area contributed by atoms with Crippen molar-refractivity contribution in [2.24, 2.45) is 0 Å². The minimum atomic E-state index is -1.67. The Hall–Kier alpha value is -0.810. The van der Waals surface area contributed by atoms with E-state index in [1.807, 2.05) is 6.07 Å². The molecule has 0 atom stereocenters. The van der Waals surface area contributed by atoms with Crippen LogP contribution in [-0.4, -0.2) is 26.1 Å². The fourth-order valence-electron chi connectivity index (χ4n) is 0.909. The maximum Gasteiger partial charge on any atom is 0.337 e. The second-order valence-corrected chi connectivity index (χ2v) is 4.27. The van der Waals surface area contributed by atoms with E-state index < -0.39 is 16.6 Å². The van der Waals surface area contributed by atoms with Gasteiger partial charge in [0.1, 0.15) is 0 Å². The van der Waals surface area contributed by atoms with Crippen LogP contribution in [0.2, 0.25) is 0 Å². The number of alkyl halides is 2. The molecule has 17 heavy (non-hydrogen) atoms. The second-order valence-electron chi connectivity index (χ2n) is 3.18. The molecule has 0 heterocycles. The summed E-state index contributed by atoms with van der Waals surface area (Å²) >= 11 is 9.56. The van der Waals surface area contributed by atoms with Crippen molar-refractivity contribution in [2.45, 2.75) is 24.0 Å². The van der Waals surface area contributed by atoms with E-state index in [0.29, 0.717) is 12.0 Å². The maximum absolute atomic E-state index is 9.44. The fraction of sp³-hybridized carbons (Fsp3) is 0.364. The van der Waals surface area contributed by atoms with Gasteiger partial charge in [-0.3, -0.25) is 0 Å². The number of carbonyl (C=O) groups is 1. The summed E-state index contributed by atoms with van der Waals surface area (Å²) in [5, 5.41) is 26.4. The minimum Gasteiger partial charge on any atom is -0.479 e. The monoisotopic (exact) mass is 280 g/mol. The number of hydrogen-bond acceptors (Lipinski definition) is 3. The lowest BCUT2D eigenvalue weighted by molar-refractivity contribution is -0.171. The largest absolute Gasteiger partial charge is 0.479 e. The summed E-state index contributed by atoms with van der Waals surface area (Å²) < 4.78 is 0. The molecule has 1 aromatic carbocycles. The van der Waals surface area contributed by atoms with Crippen molar-refractivity contribution in [1.29, 1.82) is 0 Å². The lowest BCUT2D eigenvalue weighted by Gasteiger charge is -2.19. The van der Waals surface area contributed by atoms with Gasteiger partial charge in [-0.05, 0) is 0 Å². The van der Waals surface area contributed by atoms with Crippen molar-refractivity contribution in [1.82, 2.24) is 0 Å². The van der Waals surface area contributed by atoms with Gasteiger partial charge in [-0.2, -0.15) is 0 Å². The SMILES string of the molecule is CCC(O)(O)c1ccccc1.O=C(O)C(Cl)Cl. The number of aliphatic hydroxyl groups is 2. The molecule has 1 rings (SSSR count). The van der Waals surface area contributed by atoms with Crippen LogP contribution in [0.3, 0.4) is 0 Å². The molecule has 0 amide bonds. The molecule has 0 bridgehead atoms. The molecule has 6 heteroatoms. The van der Waals surface area contributed by atoms with Crippen molar-refractivity contribution in [3.05, 3.63) is 35.9 Å². The summed E-state index contributed by atoms with van der Waals surface area (Å²) in [6, 6.07) is 8.81. The van der Waals surface area contributed by atoms with E-state index in [1.54, 1.807) is 31.2 Å². The number of carboxylic acid groups (broad SMARTS) is 1. The Morgan fingerprint density at radius 1 is 1.29 bits per heavy atom. The summed E-state index contributed by atoms with van der Waals surface area (Å²) in [7, 11) is 0. The topological polar surface area (TPSA) is 77.8 Å². The highest BCUT2D eigenvalue weighted by molar-refractivity contribution is 6.52. The molecule has 0 saturated carbocycles. The Bertz CT molecular complexity index is 339. The Balaban J connectivity index is 0.000000366. The average Bonchev–Trinajstić information content (AvgIpc) is 2.31. The van der Waals surface area contributed by atoms with Crippen molar-refractivity contribution in [2.75, 3.05) is 0 Å². The Morgan fingerprint density at radius 2 is 1.71 bits per heavy atom. The molecule has 0 aliphatic heterocycles. The molecular weight excluding hydrogens is 267 g/mol. The van der Waals surface area contributed by atoms with Crippen LogP contribution in [0.25, 0.3) is 0 Å². The highest BCUT2D eigenvalue weighted by Gasteiger charge is 2.21. The van der Waals surface area contributed by atoms with Gasteiger partial charge in [-0.25, -0.2) is 4.79 Å². The predicted molar refractivity (Wildman–Crippen MR) is 66.0 cm³/mol. The van der Waals surface area contributed by atoms with E-state index in [2.05, 4.69) is 0 Å². The average molecular weight is 281 g/mol. The number of aliphatic carboxylic acids is 1. The van der Waals surface area contributed by atoms with Gasteiger partial charge < -0.3 is 15.3 Å². The van der Waals surface area contributed by atoms with Crippen LogP contribution in [0, 0.1) is 0 Å². The zero-order valence-corrected chi connectivity index (χ0v) is 10.7. The molecule has 3 N–H and O–H groups in total. The van der Waals surface area contributed by atoms with Gasteiger partial charge >= 0.3 is 5.97 Å². The van der Waals surface area contributed by atoms with Crippen LogP contribution >= 0.6 is 23.2 Å². The van der Waals surface area contributed by atoms with E-state index >= 15 is 0 Å². The Kier molecular flexibility index (Phi) is 7.15. The summed E-state index contributed by atoms with van der Waals surface area (Å²) in [6.45, 7) is 1.73. The summed E-state index contributed by atoms with van der Waals surface area (Å²) in [5.41, 5.74) is 0.544. The molecule has 0 saturated heterocycles. The molecule has 0 fully saturated rings. The Labute approximate surface area is 109 Å². The predicted octanol–water partition coefficient (Wildman–Crippen LogP) is 2.11. The van der Waals surface area contributed by atoms with E-state index in [0.717, 1.165) is 0 Å². The van der Waals surface area contributed by atoms with Crippen LogP contribution in [0.15, 0.2) is 30.3 Å². The first kappa shape index (κ1) is 16.2. The molecular formula is C11H14Cl2O4. The van der Waals surface area contributed by atoms with E-state index in [-0.39, 0.29) is 0 Å². The first-order valence-electron chi connectivity index (χ1n) is 4.82. The van der Waals surface area contributed by atoms with E-state index in [9.17, 15) is 15.0 Å². The zero-order valence-electron chi connectivity index (χ0n) is 9.18. The molecule has 0 unspecified atom stereocenters. The molecule has 0 spiro atoms. The van der Waals surface area contributed by atoms with Crippen LogP contribution in [0.1, 0.15) is 18.9 Å². The normalized spacial score (nSPS) is 10.7. The number of rotatable bonds is 3. The van der Waals surface area contributed by atoms with Gasteiger partial charge in [0.05, 0.1) is 0 Å². The van der Waals surface area contributed by atoms with Gasteiger partial charge in [0.2, 0.25) is 4.84 Å². The first-order chi connectivity index (χ1) is 7.81. The third-order valence-electron chi connectivity index (χ3n) is 1.92. The molecule has 0 radical (unpaired) electrons. The van der Waals surface area contributed by atoms with Crippen LogP contribution in [0.5, 0.6) is 0 Å². The van der Waals surface area contributed by atoms with Gasteiger partial charge in [0.25, 0.3) is 0 Å². The third-order valence-corrected chi connectivity index (χ3v) is 2.29. The van der Waals surface area contributed by atoms with Crippen molar-refractivity contribution < 1.29 is 20.1 Å². The standard InChI is InChI=1S/C9H12O2.C2H2Cl2O2/c1-2-9(10,11)8-6-4-3-5-7-8;3-1(4)2(5)6/h3-7,10-11H,2H2,1H3;1H,(H,5,6). The number of halogens is 2. The quantitative estimate of drug-likeness (QED) is 0.585. The van der Waals surface area contributed by atoms with Gasteiger partial charge in [-0.15, -0.1) is 0 Å². The number of benzene rings is 1. The summed E-state index contributed by atoms with van der Waals surface area (Å²) in [6.07, 6.45) is 0.303. The minimum absolute atomic E-state index is 0.303. The summed E-state index contributed by atoms with van der Waals surface area (Å²) in [5.74, 6) is -2.88. The lowest BCUT2D eigenvalue weighted by atomic mass is 10.0. The fourth-order valence-corrected chi connectivity index (χ4v) is 0.909. The molecule has 0 aliphatic carbocycles. The lowest BCUT2D eigenvalue weighted by Crippen LogP contribution is -2.23. The van der Waals surface area contributed by atoms with Crippen molar-refractivity contribution in [3.63, 3.8) is 0 Å². The van der Waals surface area contributed by atoms with Crippen molar-refractivity contribution in [3.8, 4) is 0 Å². The molecule has 1 aromatic rings. The number of carboxylic acids is 1. The second kappa shape index (κ2) is 7.50. The molecule has 4 nitrogen and oxygen atoms in total.